The molecule has 0 amide bonds. The number of methoxy groups -OCH3 is 1. The summed E-state index contributed by atoms with van der Waals surface area (Å²) in [6, 6.07) is 0.954. The molecule has 0 spiro atoms. The van der Waals surface area contributed by atoms with E-state index in [2.05, 4.69) is 30.5 Å². The van der Waals surface area contributed by atoms with E-state index in [0.29, 0.717) is 18.2 Å². The number of aromatic nitrogens is 2. The average Bonchev–Trinajstić information content (AvgIpc) is 2.96. The highest BCUT2D eigenvalue weighted by atomic mass is 16.5. The van der Waals surface area contributed by atoms with Crippen molar-refractivity contribution in [2.75, 3.05) is 7.11 Å². The van der Waals surface area contributed by atoms with Crippen molar-refractivity contribution in [3.8, 4) is 0 Å². The highest BCUT2D eigenvalue weighted by Crippen LogP contribution is 2.24. The number of aryl methyl sites for hydroxylation is 1. The van der Waals surface area contributed by atoms with Crippen LogP contribution in [0.2, 0.25) is 0 Å². The molecule has 3 unspecified atom stereocenters. The molecule has 0 saturated heterocycles. The highest BCUT2D eigenvalue weighted by Gasteiger charge is 2.25. The molecule has 4 nitrogen and oxygen atoms in total. The summed E-state index contributed by atoms with van der Waals surface area (Å²) in [6.45, 7) is 5.24. The van der Waals surface area contributed by atoms with Crippen molar-refractivity contribution in [1.29, 1.82) is 0 Å². The van der Waals surface area contributed by atoms with Crippen LogP contribution in [0, 0.1) is 0 Å². The van der Waals surface area contributed by atoms with Gasteiger partial charge < -0.3 is 10.1 Å². The van der Waals surface area contributed by atoms with Crippen LogP contribution in [-0.4, -0.2) is 29.0 Å². The Kier molecular flexibility index (Phi) is 4.18. The monoisotopic (exact) mass is 237 g/mol. The SMILES string of the molecule is CCn1cc(C(C)NC2CCC(OC)C2)cn1. The number of hydrogen-bond donors (Lipinski definition) is 1. The summed E-state index contributed by atoms with van der Waals surface area (Å²) < 4.78 is 7.37. The molecule has 17 heavy (non-hydrogen) atoms. The Morgan fingerprint density at radius 2 is 2.41 bits per heavy atom. The van der Waals surface area contributed by atoms with Crippen molar-refractivity contribution in [3.63, 3.8) is 0 Å². The molecule has 96 valence electrons. The summed E-state index contributed by atoms with van der Waals surface area (Å²) in [6.07, 6.45) is 8.05. The number of nitrogens with zero attached hydrogens (tertiary/aromatic N) is 2. The van der Waals surface area contributed by atoms with E-state index >= 15 is 0 Å². The van der Waals surface area contributed by atoms with Crippen LogP contribution in [0.5, 0.6) is 0 Å². The summed E-state index contributed by atoms with van der Waals surface area (Å²) in [4.78, 5) is 0. The topological polar surface area (TPSA) is 39.1 Å². The fraction of sp³-hybridized carbons (Fsp3) is 0.769. The molecule has 2 rings (SSSR count). The summed E-state index contributed by atoms with van der Waals surface area (Å²) in [5, 5.41) is 7.98. The van der Waals surface area contributed by atoms with Crippen LogP contribution in [0.25, 0.3) is 0 Å². The Morgan fingerprint density at radius 1 is 1.59 bits per heavy atom. The summed E-state index contributed by atoms with van der Waals surface area (Å²) >= 11 is 0. The molecular weight excluding hydrogens is 214 g/mol. The molecule has 1 aliphatic carbocycles. The Hall–Kier alpha value is -0.870. The van der Waals surface area contributed by atoms with Crippen molar-refractivity contribution in [3.05, 3.63) is 18.0 Å². The van der Waals surface area contributed by atoms with Gasteiger partial charge in [-0.15, -0.1) is 0 Å². The molecule has 0 aromatic carbocycles. The first kappa shape index (κ1) is 12.6. The van der Waals surface area contributed by atoms with Gasteiger partial charge in [0, 0.05) is 37.5 Å². The maximum Gasteiger partial charge on any atom is 0.0586 e. The van der Waals surface area contributed by atoms with Gasteiger partial charge in [-0.3, -0.25) is 4.68 Å². The molecule has 1 fully saturated rings. The van der Waals surface area contributed by atoms with Gasteiger partial charge in [0.1, 0.15) is 0 Å². The first-order valence-corrected chi connectivity index (χ1v) is 6.54. The second-order valence-electron chi connectivity index (χ2n) is 4.89. The van der Waals surface area contributed by atoms with Crippen LogP contribution in [0.1, 0.15) is 44.7 Å². The minimum absolute atomic E-state index is 0.371. The smallest absolute Gasteiger partial charge is 0.0586 e. The summed E-state index contributed by atoms with van der Waals surface area (Å²) in [5.74, 6) is 0. The second kappa shape index (κ2) is 5.65. The summed E-state index contributed by atoms with van der Waals surface area (Å²) in [5.41, 5.74) is 1.27. The molecule has 1 saturated carbocycles. The van der Waals surface area contributed by atoms with Gasteiger partial charge in [-0.1, -0.05) is 0 Å². The zero-order chi connectivity index (χ0) is 12.3. The largest absolute Gasteiger partial charge is 0.381 e. The molecule has 0 aliphatic heterocycles. The van der Waals surface area contributed by atoms with Gasteiger partial charge in [0.15, 0.2) is 0 Å². The molecule has 1 heterocycles. The van der Waals surface area contributed by atoms with Gasteiger partial charge in [-0.2, -0.15) is 5.10 Å². The predicted molar refractivity (Wildman–Crippen MR) is 67.9 cm³/mol. The lowest BCUT2D eigenvalue weighted by Gasteiger charge is -2.18. The minimum Gasteiger partial charge on any atom is -0.381 e. The van der Waals surface area contributed by atoms with E-state index in [4.69, 9.17) is 4.74 Å². The molecule has 1 aromatic rings. The van der Waals surface area contributed by atoms with Crippen molar-refractivity contribution in [2.24, 2.45) is 0 Å². The van der Waals surface area contributed by atoms with Crippen LogP contribution in [0.4, 0.5) is 0 Å². The third-order valence-electron chi connectivity index (χ3n) is 3.68. The van der Waals surface area contributed by atoms with E-state index in [1.165, 1.54) is 18.4 Å². The Labute approximate surface area is 103 Å². The van der Waals surface area contributed by atoms with E-state index in [1.54, 1.807) is 0 Å². The standard InChI is InChI=1S/C13H23N3O/c1-4-16-9-11(8-14-16)10(2)15-12-5-6-13(7-12)17-3/h8-10,12-13,15H,4-7H2,1-3H3. The van der Waals surface area contributed by atoms with E-state index < -0.39 is 0 Å². The molecule has 0 bridgehead atoms. The van der Waals surface area contributed by atoms with Crippen LogP contribution in [0.3, 0.4) is 0 Å². The van der Waals surface area contributed by atoms with Gasteiger partial charge in [0.2, 0.25) is 0 Å². The third-order valence-corrected chi connectivity index (χ3v) is 3.68. The van der Waals surface area contributed by atoms with Gasteiger partial charge in [-0.05, 0) is 33.1 Å². The molecule has 1 aliphatic rings. The first-order valence-electron chi connectivity index (χ1n) is 6.54. The van der Waals surface area contributed by atoms with Crippen molar-refractivity contribution in [1.82, 2.24) is 15.1 Å². The molecule has 4 heteroatoms. The molecule has 0 radical (unpaired) electrons. The maximum atomic E-state index is 5.39. The molecular formula is C13H23N3O. The third kappa shape index (κ3) is 3.07. The van der Waals surface area contributed by atoms with Crippen LogP contribution in [-0.2, 0) is 11.3 Å². The lowest BCUT2D eigenvalue weighted by molar-refractivity contribution is 0.106. The fourth-order valence-corrected chi connectivity index (χ4v) is 2.53. The van der Waals surface area contributed by atoms with Crippen molar-refractivity contribution in [2.45, 2.75) is 57.8 Å². The Balaban J connectivity index is 1.86. The first-order chi connectivity index (χ1) is 8.22. The lowest BCUT2D eigenvalue weighted by Crippen LogP contribution is -2.29. The van der Waals surface area contributed by atoms with Crippen molar-refractivity contribution >= 4 is 0 Å². The van der Waals surface area contributed by atoms with Gasteiger partial charge in [-0.25, -0.2) is 0 Å². The lowest BCUT2D eigenvalue weighted by atomic mass is 10.1. The van der Waals surface area contributed by atoms with Gasteiger partial charge in [0.05, 0.1) is 12.3 Å². The number of hydrogen-bond acceptors (Lipinski definition) is 3. The predicted octanol–water partition coefficient (Wildman–Crippen LogP) is 2.12. The Bertz CT molecular complexity index is 350. The van der Waals surface area contributed by atoms with Gasteiger partial charge >= 0.3 is 0 Å². The average molecular weight is 237 g/mol. The van der Waals surface area contributed by atoms with E-state index in [-0.39, 0.29) is 0 Å². The molecule has 1 aromatic heterocycles. The number of nitrogens with one attached hydrogen (secondary N) is 1. The fourth-order valence-electron chi connectivity index (χ4n) is 2.53. The summed E-state index contributed by atoms with van der Waals surface area (Å²) in [7, 11) is 1.81. The van der Waals surface area contributed by atoms with Crippen LogP contribution in [0.15, 0.2) is 12.4 Å². The highest BCUT2D eigenvalue weighted by molar-refractivity contribution is 5.09. The Morgan fingerprint density at radius 3 is 3.00 bits per heavy atom. The van der Waals surface area contributed by atoms with Crippen LogP contribution >= 0.6 is 0 Å². The number of ether oxygens (including phenoxy) is 1. The minimum atomic E-state index is 0.371. The number of rotatable bonds is 5. The quantitative estimate of drug-likeness (QED) is 0.852. The van der Waals surface area contributed by atoms with Gasteiger partial charge in [0.25, 0.3) is 0 Å². The maximum absolute atomic E-state index is 5.39. The van der Waals surface area contributed by atoms with E-state index in [9.17, 15) is 0 Å². The zero-order valence-corrected chi connectivity index (χ0v) is 11.0. The van der Waals surface area contributed by atoms with E-state index in [0.717, 1.165) is 13.0 Å². The molecule has 3 atom stereocenters. The normalized spacial score (nSPS) is 26.3. The second-order valence-corrected chi connectivity index (χ2v) is 4.89. The van der Waals surface area contributed by atoms with Crippen LogP contribution < -0.4 is 5.32 Å². The van der Waals surface area contributed by atoms with Crippen molar-refractivity contribution < 1.29 is 4.74 Å². The van der Waals surface area contributed by atoms with E-state index in [1.807, 2.05) is 18.0 Å². The molecule has 1 N–H and O–H groups in total. The zero-order valence-electron chi connectivity index (χ0n) is 11.0.